The van der Waals surface area contributed by atoms with Gasteiger partial charge in [0.2, 0.25) is 20.1 Å². The van der Waals surface area contributed by atoms with Gasteiger partial charge < -0.3 is 24.4 Å². The zero-order valence-electron chi connectivity index (χ0n) is 25.9. The second-order valence-corrected chi connectivity index (χ2v) is 19.1. The molecule has 0 saturated carbocycles. The Morgan fingerprint density at radius 3 is 2.40 bits per heavy atom. The molecule has 1 saturated heterocycles. The summed E-state index contributed by atoms with van der Waals surface area (Å²) in [5, 5.41) is 4.06. The number of benzene rings is 1. The van der Waals surface area contributed by atoms with Gasteiger partial charge in [0, 0.05) is 35.5 Å². The number of nitrogens with one attached hydrogen (secondary N) is 2. The fourth-order valence-electron chi connectivity index (χ4n) is 5.48. The third kappa shape index (κ3) is 6.09. The highest BCUT2D eigenvalue weighted by atomic mass is 28.4. The molecule has 2 amide bonds. The molecule has 4 rings (SSSR count). The van der Waals surface area contributed by atoms with Gasteiger partial charge in [-0.1, -0.05) is 34.6 Å². The number of hydrogen-bond acceptors (Lipinski definition) is 5. The van der Waals surface area contributed by atoms with Crippen LogP contribution in [0.2, 0.25) is 18.1 Å². The minimum absolute atomic E-state index is 0.0654. The predicted molar refractivity (Wildman–Crippen MR) is 160 cm³/mol. The minimum atomic E-state index is -2.01. The van der Waals surface area contributed by atoms with Crippen molar-refractivity contribution in [2.75, 3.05) is 0 Å². The second kappa shape index (κ2) is 10.5. The number of hydrogen-bond donors (Lipinski definition) is 2. The largest absolute Gasteiger partial charge is 0.543 e. The number of carbonyl (C=O) groups excluding carboxylic acids is 3. The Hall–Kier alpha value is -2.81. The number of esters is 1. The van der Waals surface area contributed by atoms with Crippen LogP contribution < -0.4 is 9.74 Å². The number of carbonyl (C=O) groups is 3. The SMILES string of the molecule is CC(C)C[C@H]1c2[nH]c3cc(O[Si](C)(C)C(C)(C)C)ccc3c2C[C@H]2C(=O)N[C@@H](CCC(=O)OC(C)(C)C)C(=O)N21. The van der Waals surface area contributed by atoms with Crippen molar-refractivity contribution < 1.29 is 23.5 Å². The van der Waals surface area contributed by atoms with E-state index in [4.69, 9.17) is 9.16 Å². The van der Waals surface area contributed by atoms with E-state index < -0.39 is 26.0 Å². The number of fused-ring (bicyclic) bond motifs is 4. The van der Waals surface area contributed by atoms with E-state index in [2.05, 4.69) is 70.1 Å². The average molecular weight is 570 g/mol. The lowest BCUT2D eigenvalue weighted by molar-refractivity contribution is -0.157. The monoisotopic (exact) mass is 569 g/mol. The quantitative estimate of drug-likeness (QED) is 0.314. The molecule has 1 aromatic carbocycles. The second-order valence-electron chi connectivity index (χ2n) is 14.4. The van der Waals surface area contributed by atoms with Crippen LogP contribution in [0.1, 0.15) is 92.0 Å². The summed E-state index contributed by atoms with van der Waals surface area (Å²) in [6.07, 6.45) is 1.45. The predicted octanol–water partition coefficient (Wildman–Crippen LogP) is 6.01. The first kappa shape index (κ1) is 30.2. The molecule has 1 fully saturated rings. The molecule has 2 aliphatic rings. The zero-order valence-corrected chi connectivity index (χ0v) is 26.9. The number of amides is 2. The fourth-order valence-corrected chi connectivity index (χ4v) is 6.51. The van der Waals surface area contributed by atoms with E-state index in [0.717, 1.165) is 34.3 Å². The van der Waals surface area contributed by atoms with E-state index >= 15 is 0 Å². The van der Waals surface area contributed by atoms with Crippen LogP contribution >= 0.6 is 0 Å². The standard InChI is InChI=1S/C31H47N3O5Si/c1-18(2)15-24-27-21(20-12-11-19(16-23(20)32-27)39-40(9,10)31(6,7)8)17-25-28(36)33-22(29(37)34(24)25)13-14-26(35)38-30(3,4)5/h11-12,16,18,22,24-25,32H,13-15,17H2,1-10H3,(H,33,36)/t22-,24-,25-/m0/s1. The van der Waals surface area contributed by atoms with Gasteiger partial charge in [-0.25, -0.2) is 0 Å². The molecule has 3 atom stereocenters. The first-order chi connectivity index (χ1) is 18.4. The Balaban J connectivity index is 1.66. The lowest BCUT2D eigenvalue weighted by atomic mass is 9.85. The Kier molecular flexibility index (Phi) is 7.95. The van der Waals surface area contributed by atoms with Gasteiger partial charge in [0.1, 0.15) is 23.4 Å². The third-order valence-corrected chi connectivity index (χ3v) is 12.8. The maximum absolute atomic E-state index is 13.9. The smallest absolute Gasteiger partial charge is 0.306 e. The number of piperazine rings is 1. The molecular formula is C31H47N3O5Si. The highest BCUT2D eigenvalue weighted by Crippen LogP contribution is 2.43. The molecule has 1 aromatic heterocycles. The van der Waals surface area contributed by atoms with Crippen molar-refractivity contribution in [3.05, 3.63) is 29.5 Å². The maximum atomic E-state index is 13.9. The summed E-state index contributed by atoms with van der Waals surface area (Å²) < 4.78 is 12.0. The third-order valence-electron chi connectivity index (χ3n) is 8.42. The topological polar surface area (TPSA) is 101 Å². The summed E-state index contributed by atoms with van der Waals surface area (Å²) >= 11 is 0. The highest BCUT2D eigenvalue weighted by molar-refractivity contribution is 6.74. The Morgan fingerprint density at radius 1 is 1.12 bits per heavy atom. The van der Waals surface area contributed by atoms with E-state index in [-0.39, 0.29) is 41.7 Å². The molecule has 2 aliphatic heterocycles. The number of aromatic nitrogens is 1. The van der Waals surface area contributed by atoms with Crippen LogP contribution in [0.5, 0.6) is 5.75 Å². The highest BCUT2D eigenvalue weighted by Gasteiger charge is 2.48. The maximum Gasteiger partial charge on any atom is 0.306 e. The molecule has 40 heavy (non-hydrogen) atoms. The van der Waals surface area contributed by atoms with Crippen molar-refractivity contribution in [2.24, 2.45) is 5.92 Å². The van der Waals surface area contributed by atoms with Gasteiger partial charge in [0.05, 0.1) is 6.04 Å². The van der Waals surface area contributed by atoms with Crippen molar-refractivity contribution >= 4 is 37.0 Å². The minimum Gasteiger partial charge on any atom is -0.543 e. The van der Waals surface area contributed by atoms with E-state index in [1.807, 2.05) is 26.8 Å². The van der Waals surface area contributed by atoms with Crippen LogP contribution in [0, 0.1) is 5.92 Å². The molecule has 0 aliphatic carbocycles. The van der Waals surface area contributed by atoms with Crippen LogP contribution in [-0.2, 0) is 25.5 Å². The molecule has 220 valence electrons. The van der Waals surface area contributed by atoms with Crippen molar-refractivity contribution in [1.29, 1.82) is 0 Å². The molecule has 8 nitrogen and oxygen atoms in total. The Bertz CT molecular complexity index is 1300. The lowest BCUT2D eigenvalue weighted by Crippen LogP contribution is -2.66. The lowest BCUT2D eigenvalue weighted by Gasteiger charge is -2.46. The fraction of sp³-hybridized carbons (Fsp3) is 0.645. The van der Waals surface area contributed by atoms with Crippen molar-refractivity contribution in [3.8, 4) is 5.75 Å². The van der Waals surface area contributed by atoms with E-state index in [0.29, 0.717) is 12.3 Å². The summed E-state index contributed by atoms with van der Waals surface area (Å²) in [7, 11) is -2.01. The summed E-state index contributed by atoms with van der Waals surface area (Å²) in [4.78, 5) is 45.0. The van der Waals surface area contributed by atoms with E-state index in [1.54, 1.807) is 4.90 Å². The number of aromatic amines is 1. The summed E-state index contributed by atoms with van der Waals surface area (Å²) in [6.45, 7) is 20.8. The van der Waals surface area contributed by atoms with Gasteiger partial charge >= 0.3 is 5.97 Å². The molecule has 0 spiro atoms. The zero-order chi connectivity index (χ0) is 29.8. The van der Waals surface area contributed by atoms with Gasteiger partial charge in [0.15, 0.2) is 0 Å². The van der Waals surface area contributed by atoms with Crippen LogP contribution in [0.15, 0.2) is 18.2 Å². The van der Waals surface area contributed by atoms with Crippen molar-refractivity contribution in [3.63, 3.8) is 0 Å². The molecule has 0 radical (unpaired) electrons. The summed E-state index contributed by atoms with van der Waals surface area (Å²) in [5.74, 6) is 0.471. The Labute approximate surface area is 239 Å². The number of nitrogens with zero attached hydrogens (tertiary/aromatic N) is 1. The van der Waals surface area contributed by atoms with Crippen LogP contribution in [0.4, 0.5) is 0 Å². The van der Waals surface area contributed by atoms with Crippen LogP contribution in [-0.4, -0.2) is 53.7 Å². The molecule has 2 N–H and O–H groups in total. The van der Waals surface area contributed by atoms with Crippen LogP contribution in [0.3, 0.4) is 0 Å². The molecule has 9 heteroatoms. The molecule has 0 unspecified atom stereocenters. The van der Waals surface area contributed by atoms with Gasteiger partial charge in [-0.2, -0.15) is 0 Å². The molecule has 2 aromatic rings. The molecule has 0 bridgehead atoms. The Morgan fingerprint density at radius 2 is 1.80 bits per heavy atom. The normalized spacial score (nSPS) is 21.8. The van der Waals surface area contributed by atoms with E-state index in [1.165, 1.54) is 0 Å². The molecule has 3 heterocycles. The van der Waals surface area contributed by atoms with Crippen LogP contribution in [0.25, 0.3) is 10.9 Å². The molecular weight excluding hydrogens is 522 g/mol. The van der Waals surface area contributed by atoms with Gasteiger partial charge in [-0.3, -0.25) is 14.4 Å². The first-order valence-corrected chi connectivity index (χ1v) is 17.5. The van der Waals surface area contributed by atoms with Gasteiger partial charge in [-0.15, -0.1) is 0 Å². The number of H-pyrrole nitrogens is 1. The average Bonchev–Trinajstić information content (AvgIpc) is 3.15. The first-order valence-electron chi connectivity index (χ1n) is 14.6. The summed E-state index contributed by atoms with van der Waals surface area (Å²) in [5.41, 5.74) is 2.46. The van der Waals surface area contributed by atoms with Gasteiger partial charge in [0.25, 0.3) is 0 Å². The van der Waals surface area contributed by atoms with Crippen molar-refractivity contribution in [1.82, 2.24) is 15.2 Å². The van der Waals surface area contributed by atoms with Gasteiger partial charge in [-0.05, 0) is 75.4 Å². The number of rotatable bonds is 7. The summed E-state index contributed by atoms with van der Waals surface area (Å²) in [6, 6.07) is 4.59. The van der Waals surface area contributed by atoms with E-state index in [9.17, 15) is 14.4 Å². The number of ether oxygens (including phenoxy) is 1. The van der Waals surface area contributed by atoms with Crippen molar-refractivity contribution in [2.45, 2.75) is 123 Å².